The molecule has 1 fully saturated rings. The molecule has 2 heterocycles. The molecule has 2 unspecified atom stereocenters. The molecule has 1 saturated heterocycles. The third-order valence-corrected chi connectivity index (χ3v) is 5.28. The summed E-state index contributed by atoms with van der Waals surface area (Å²) in [7, 11) is 0. The molecule has 22 heavy (non-hydrogen) atoms. The number of hydrogen-bond acceptors (Lipinski definition) is 2. The lowest BCUT2D eigenvalue weighted by atomic mass is 9.92. The summed E-state index contributed by atoms with van der Waals surface area (Å²) < 4.78 is 0. The van der Waals surface area contributed by atoms with Gasteiger partial charge >= 0.3 is 0 Å². The molecule has 0 radical (unpaired) electrons. The lowest BCUT2D eigenvalue weighted by molar-refractivity contribution is 0.345. The predicted molar refractivity (Wildman–Crippen MR) is 92.9 cm³/mol. The van der Waals surface area contributed by atoms with Crippen LogP contribution in [0.2, 0.25) is 0 Å². The minimum absolute atomic E-state index is 0.536. The van der Waals surface area contributed by atoms with Crippen molar-refractivity contribution in [1.82, 2.24) is 5.32 Å². The number of hydrogen-bond donors (Lipinski definition) is 1. The molecule has 2 aromatic carbocycles. The molecule has 4 rings (SSSR count). The zero-order valence-electron chi connectivity index (χ0n) is 13.3. The fraction of sp³-hybridized carbons (Fsp3) is 0.400. The second-order valence-corrected chi connectivity index (χ2v) is 6.66. The van der Waals surface area contributed by atoms with Crippen molar-refractivity contribution in [3.05, 3.63) is 59.7 Å². The molecule has 0 spiro atoms. The van der Waals surface area contributed by atoms with Crippen molar-refractivity contribution in [3.8, 4) is 0 Å². The van der Waals surface area contributed by atoms with E-state index in [0.29, 0.717) is 12.0 Å². The highest BCUT2D eigenvalue weighted by Gasteiger charge is 2.31. The number of para-hydroxylation sites is 2. The van der Waals surface area contributed by atoms with Crippen LogP contribution < -0.4 is 10.2 Å². The molecule has 0 saturated carbocycles. The average molecular weight is 292 g/mol. The van der Waals surface area contributed by atoms with Crippen molar-refractivity contribution in [2.24, 2.45) is 5.92 Å². The van der Waals surface area contributed by atoms with E-state index in [0.717, 1.165) is 25.9 Å². The molecule has 2 atom stereocenters. The minimum atomic E-state index is 0.536. The first-order valence-corrected chi connectivity index (χ1v) is 8.50. The van der Waals surface area contributed by atoms with E-state index in [-0.39, 0.29) is 0 Å². The Balaban J connectivity index is 1.87. The van der Waals surface area contributed by atoms with Crippen molar-refractivity contribution in [3.63, 3.8) is 0 Å². The Bertz CT molecular complexity index is 617. The van der Waals surface area contributed by atoms with Crippen LogP contribution in [0.4, 0.5) is 11.4 Å². The molecule has 2 heteroatoms. The number of rotatable bonds is 1. The Morgan fingerprint density at radius 1 is 0.909 bits per heavy atom. The van der Waals surface area contributed by atoms with E-state index in [4.69, 9.17) is 0 Å². The van der Waals surface area contributed by atoms with Crippen LogP contribution in [0.3, 0.4) is 0 Å². The topological polar surface area (TPSA) is 15.3 Å². The maximum absolute atomic E-state index is 3.60. The molecule has 2 aliphatic rings. The van der Waals surface area contributed by atoms with Crippen LogP contribution in [0, 0.1) is 5.92 Å². The number of fused-ring (bicyclic) bond motifs is 2. The standard InChI is InChI=1S/C20H24N2/c1-15-12-13-21-14-20(15)22-18-8-4-2-6-16(18)10-11-17-7-3-5-9-19(17)22/h2-9,15,20-21H,10-14H2,1H3. The first-order chi connectivity index (χ1) is 10.8. The highest BCUT2D eigenvalue weighted by molar-refractivity contribution is 5.72. The van der Waals surface area contributed by atoms with E-state index in [9.17, 15) is 0 Å². The second-order valence-electron chi connectivity index (χ2n) is 6.66. The fourth-order valence-electron chi connectivity index (χ4n) is 3.99. The second kappa shape index (κ2) is 5.77. The lowest BCUT2D eigenvalue weighted by Gasteiger charge is -2.41. The number of nitrogens with zero attached hydrogens (tertiary/aromatic N) is 1. The van der Waals surface area contributed by atoms with Crippen molar-refractivity contribution in [1.29, 1.82) is 0 Å². The van der Waals surface area contributed by atoms with Crippen molar-refractivity contribution in [2.45, 2.75) is 32.2 Å². The van der Waals surface area contributed by atoms with Gasteiger partial charge in [0.25, 0.3) is 0 Å². The van der Waals surface area contributed by atoms with Crippen LogP contribution in [0.1, 0.15) is 24.5 Å². The lowest BCUT2D eigenvalue weighted by Crippen LogP contribution is -2.49. The quantitative estimate of drug-likeness (QED) is 0.857. The molecule has 1 N–H and O–H groups in total. The maximum atomic E-state index is 3.60. The molecule has 0 bridgehead atoms. The zero-order chi connectivity index (χ0) is 14.9. The fourth-order valence-corrected chi connectivity index (χ4v) is 3.99. The van der Waals surface area contributed by atoms with Crippen LogP contribution in [-0.2, 0) is 12.8 Å². The maximum Gasteiger partial charge on any atom is 0.0492 e. The first kappa shape index (κ1) is 13.8. The number of aryl methyl sites for hydroxylation is 2. The number of anilines is 2. The number of benzene rings is 2. The Labute approximate surface area is 133 Å². The van der Waals surface area contributed by atoms with Crippen molar-refractivity contribution in [2.75, 3.05) is 18.0 Å². The molecule has 0 amide bonds. The summed E-state index contributed by atoms with van der Waals surface area (Å²) in [5.41, 5.74) is 5.79. The number of piperidine rings is 1. The normalized spacial score (nSPS) is 24.3. The van der Waals surface area contributed by atoms with Crippen LogP contribution in [0.5, 0.6) is 0 Å². The predicted octanol–water partition coefficient (Wildman–Crippen LogP) is 3.92. The summed E-state index contributed by atoms with van der Waals surface area (Å²) in [6, 6.07) is 18.5. The van der Waals surface area contributed by atoms with Crippen LogP contribution in [0.15, 0.2) is 48.5 Å². The molecule has 114 valence electrons. The van der Waals surface area contributed by atoms with Gasteiger partial charge in [-0.15, -0.1) is 0 Å². The molecular formula is C20H24N2. The first-order valence-electron chi connectivity index (χ1n) is 8.50. The van der Waals surface area contributed by atoms with Gasteiger partial charge in [0.2, 0.25) is 0 Å². The highest BCUT2D eigenvalue weighted by Crippen LogP contribution is 2.39. The molecule has 2 aromatic rings. The molecule has 0 aromatic heterocycles. The summed E-state index contributed by atoms with van der Waals surface area (Å²) in [5, 5.41) is 3.60. The SMILES string of the molecule is CC1CCNCC1N1c2ccccc2CCc2ccccc21. The number of nitrogens with one attached hydrogen (secondary N) is 1. The minimum Gasteiger partial charge on any atom is -0.336 e. The third kappa shape index (κ3) is 2.32. The van der Waals surface area contributed by atoms with Gasteiger partial charge in [0.15, 0.2) is 0 Å². The van der Waals surface area contributed by atoms with Gasteiger partial charge < -0.3 is 10.2 Å². The summed E-state index contributed by atoms with van der Waals surface area (Å²) in [6.07, 6.45) is 3.53. The summed E-state index contributed by atoms with van der Waals surface area (Å²) in [4.78, 5) is 2.62. The monoisotopic (exact) mass is 292 g/mol. The zero-order valence-corrected chi connectivity index (χ0v) is 13.3. The van der Waals surface area contributed by atoms with Crippen molar-refractivity contribution >= 4 is 11.4 Å². The molecular weight excluding hydrogens is 268 g/mol. The van der Waals surface area contributed by atoms with Gasteiger partial charge in [-0.2, -0.15) is 0 Å². The van der Waals surface area contributed by atoms with E-state index < -0.39 is 0 Å². The van der Waals surface area contributed by atoms with Gasteiger partial charge in [-0.1, -0.05) is 43.3 Å². The van der Waals surface area contributed by atoms with Gasteiger partial charge in [0, 0.05) is 24.0 Å². The van der Waals surface area contributed by atoms with E-state index in [1.54, 1.807) is 0 Å². The Morgan fingerprint density at radius 2 is 1.50 bits per heavy atom. The van der Waals surface area contributed by atoms with Crippen molar-refractivity contribution < 1.29 is 0 Å². The van der Waals surface area contributed by atoms with Gasteiger partial charge in [0.1, 0.15) is 0 Å². The Kier molecular flexibility index (Phi) is 3.63. The van der Waals surface area contributed by atoms with E-state index in [2.05, 4.69) is 65.7 Å². The molecule has 0 aliphatic carbocycles. The Morgan fingerprint density at radius 3 is 2.09 bits per heavy atom. The smallest absolute Gasteiger partial charge is 0.0492 e. The third-order valence-electron chi connectivity index (χ3n) is 5.28. The average Bonchev–Trinajstić information content (AvgIpc) is 2.73. The van der Waals surface area contributed by atoms with Gasteiger partial charge in [-0.3, -0.25) is 0 Å². The van der Waals surface area contributed by atoms with Gasteiger partial charge in [-0.05, 0) is 55.0 Å². The van der Waals surface area contributed by atoms with E-state index in [1.807, 2.05) is 0 Å². The molecule has 2 aliphatic heterocycles. The van der Waals surface area contributed by atoms with Crippen LogP contribution in [0.25, 0.3) is 0 Å². The van der Waals surface area contributed by atoms with Crippen LogP contribution >= 0.6 is 0 Å². The summed E-state index contributed by atoms with van der Waals surface area (Å²) in [6.45, 7) is 4.63. The highest BCUT2D eigenvalue weighted by atomic mass is 15.2. The van der Waals surface area contributed by atoms with Gasteiger partial charge in [-0.25, -0.2) is 0 Å². The van der Waals surface area contributed by atoms with Crippen LogP contribution in [-0.4, -0.2) is 19.1 Å². The largest absolute Gasteiger partial charge is 0.336 e. The molecule has 2 nitrogen and oxygen atoms in total. The van der Waals surface area contributed by atoms with E-state index >= 15 is 0 Å². The summed E-state index contributed by atoms with van der Waals surface area (Å²) in [5.74, 6) is 0.709. The Hall–Kier alpha value is -1.80. The summed E-state index contributed by atoms with van der Waals surface area (Å²) >= 11 is 0. The van der Waals surface area contributed by atoms with E-state index in [1.165, 1.54) is 28.9 Å². The van der Waals surface area contributed by atoms with Gasteiger partial charge in [0.05, 0.1) is 0 Å².